The summed E-state index contributed by atoms with van der Waals surface area (Å²) < 4.78 is 5.14. The lowest BCUT2D eigenvalue weighted by Crippen LogP contribution is -2.58. The Labute approximate surface area is 130 Å². The number of hydrogen-bond acceptors (Lipinski definition) is 4. The van der Waals surface area contributed by atoms with E-state index in [9.17, 15) is 9.59 Å². The minimum absolute atomic E-state index is 0.0998. The van der Waals surface area contributed by atoms with Crippen LogP contribution in [0.1, 0.15) is 50.1 Å². The van der Waals surface area contributed by atoms with Gasteiger partial charge < -0.3 is 9.84 Å². The number of carbonyl (C=O) groups excluding carboxylic acids is 2. The molecule has 1 N–H and O–H groups in total. The van der Waals surface area contributed by atoms with E-state index in [-0.39, 0.29) is 30.3 Å². The third-order valence-electron chi connectivity index (χ3n) is 5.48. The lowest BCUT2D eigenvalue weighted by Gasteiger charge is -2.42. The lowest BCUT2D eigenvalue weighted by atomic mass is 9.67. The van der Waals surface area contributed by atoms with E-state index in [1.165, 1.54) is 4.90 Å². The minimum atomic E-state index is -0.742. The van der Waals surface area contributed by atoms with Crippen molar-refractivity contribution in [1.29, 1.82) is 0 Å². The third kappa shape index (κ3) is 1.96. The summed E-state index contributed by atoms with van der Waals surface area (Å²) in [7, 11) is 0. The molecule has 22 heavy (non-hydrogen) atoms. The van der Waals surface area contributed by atoms with E-state index in [2.05, 4.69) is 24.3 Å². The van der Waals surface area contributed by atoms with Gasteiger partial charge in [-0.1, -0.05) is 25.4 Å². The van der Waals surface area contributed by atoms with Gasteiger partial charge in [-0.2, -0.15) is 0 Å². The molecule has 2 aliphatic rings. The zero-order valence-electron chi connectivity index (χ0n) is 13.6. The first kappa shape index (κ1) is 15.1. The Morgan fingerprint density at radius 1 is 1.27 bits per heavy atom. The molecule has 6 heteroatoms. The summed E-state index contributed by atoms with van der Waals surface area (Å²) in [6.07, 6.45) is 3.04. The van der Waals surface area contributed by atoms with Crippen LogP contribution in [0.25, 0.3) is 0 Å². The van der Waals surface area contributed by atoms with Crippen LogP contribution in [-0.2, 0) is 11.3 Å². The zero-order chi connectivity index (χ0) is 16.1. The second-order valence-corrected chi connectivity index (χ2v) is 6.73. The monoisotopic (exact) mass is 305 g/mol. The molecule has 1 aliphatic carbocycles. The fourth-order valence-corrected chi connectivity index (χ4v) is 3.98. The second kappa shape index (κ2) is 5.11. The molecule has 0 radical (unpaired) electrons. The van der Waals surface area contributed by atoms with Crippen molar-refractivity contribution in [1.82, 2.24) is 15.4 Å². The van der Waals surface area contributed by atoms with Crippen molar-refractivity contribution >= 4 is 11.9 Å². The highest BCUT2D eigenvalue weighted by atomic mass is 16.5. The van der Waals surface area contributed by atoms with Crippen molar-refractivity contribution in [2.75, 3.05) is 0 Å². The molecule has 2 heterocycles. The average Bonchev–Trinajstić information content (AvgIpc) is 2.91. The summed E-state index contributed by atoms with van der Waals surface area (Å²) in [6.45, 7) is 7.98. The van der Waals surface area contributed by atoms with Crippen molar-refractivity contribution < 1.29 is 14.1 Å². The summed E-state index contributed by atoms with van der Waals surface area (Å²) >= 11 is 0. The Hall–Kier alpha value is -1.85. The first-order valence-corrected chi connectivity index (χ1v) is 7.93. The van der Waals surface area contributed by atoms with Crippen LogP contribution in [-0.4, -0.2) is 27.5 Å². The number of nitrogens with one attached hydrogen (secondary N) is 1. The van der Waals surface area contributed by atoms with Crippen LogP contribution in [0.5, 0.6) is 0 Å². The largest absolute Gasteiger partial charge is 0.361 e. The van der Waals surface area contributed by atoms with E-state index in [1.54, 1.807) is 6.92 Å². The Balaban J connectivity index is 1.92. The molecule has 2 fully saturated rings. The molecule has 3 amide bonds. The number of urea groups is 1. The van der Waals surface area contributed by atoms with Crippen LogP contribution in [0.15, 0.2) is 4.52 Å². The molecular weight excluding hydrogens is 282 g/mol. The van der Waals surface area contributed by atoms with Gasteiger partial charge in [0.15, 0.2) is 0 Å². The number of rotatable bonds is 2. The number of hydrogen-bond donors (Lipinski definition) is 1. The maximum atomic E-state index is 13.1. The van der Waals surface area contributed by atoms with Crippen molar-refractivity contribution in [2.24, 2.45) is 11.8 Å². The normalized spacial score (nSPS) is 31.9. The first-order valence-electron chi connectivity index (χ1n) is 7.93. The Kier molecular flexibility index (Phi) is 3.50. The number of imide groups is 1. The summed E-state index contributed by atoms with van der Waals surface area (Å²) in [5.41, 5.74) is 0.800. The summed E-state index contributed by atoms with van der Waals surface area (Å²) in [6, 6.07) is -0.300. The van der Waals surface area contributed by atoms with Crippen molar-refractivity contribution in [2.45, 2.75) is 59.0 Å². The maximum absolute atomic E-state index is 13.1. The molecule has 1 spiro atoms. The molecular formula is C16H23N3O3. The van der Waals surface area contributed by atoms with Crippen LogP contribution in [0.3, 0.4) is 0 Å². The summed E-state index contributed by atoms with van der Waals surface area (Å²) in [5, 5.41) is 6.90. The minimum Gasteiger partial charge on any atom is -0.361 e. The number of aryl methyl sites for hydroxylation is 2. The molecule has 3 rings (SSSR count). The topological polar surface area (TPSA) is 75.4 Å². The van der Waals surface area contributed by atoms with Gasteiger partial charge in [-0.25, -0.2) is 4.79 Å². The molecule has 6 nitrogen and oxygen atoms in total. The Bertz CT molecular complexity index is 593. The van der Waals surface area contributed by atoms with Gasteiger partial charge in [-0.05, 0) is 38.5 Å². The quantitative estimate of drug-likeness (QED) is 0.852. The first-order chi connectivity index (χ1) is 10.4. The van der Waals surface area contributed by atoms with Crippen LogP contribution < -0.4 is 5.32 Å². The van der Waals surface area contributed by atoms with Crippen LogP contribution in [0.4, 0.5) is 4.79 Å². The highest BCUT2D eigenvalue weighted by molar-refractivity contribution is 6.07. The van der Waals surface area contributed by atoms with Gasteiger partial charge in [0.25, 0.3) is 5.91 Å². The standard InChI is InChI=1S/C16H23N3O3/c1-9-6-5-7-10(2)16(9)14(20)19(15(21)17-16)8-13-11(3)18-22-12(13)4/h9-10H,5-8H2,1-4H3,(H,17,21). The van der Waals surface area contributed by atoms with Gasteiger partial charge in [0.05, 0.1) is 12.2 Å². The summed E-state index contributed by atoms with van der Waals surface area (Å²) in [5.74, 6) is 0.866. The maximum Gasteiger partial charge on any atom is 0.325 e. The van der Waals surface area contributed by atoms with E-state index in [1.807, 2.05) is 6.92 Å². The number of aromatic nitrogens is 1. The highest BCUT2D eigenvalue weighted by Gasteiger charge is 2.58. The molecule has 120 valence electrons. The van der Waals surface area contributed by atoms with Gasteiger partial charge in [-0.15, -0.1) is 0 Å². The zero-order valence-corrected chi connectivity index (χ0v) is 13.6. The van der Waals surface area contributed by atoms with Gasteiger partial charge >= 0.3 is 6.03 Å². The molecule has 1 aliphatic heterocycles. The van der Waals surface area contributed by atoms with Crippen LogP contribution in [0, 0.1) is 25.7 Å². The van der Waals surface area contributed by atoms with E-state index >= 15 is 0 Å². The molecule has 1 saturated heterocycles. The lowest BCUT2D eigenvalue weighted by molar-refractivity contribution is -0.136. The van der Waals surface area contributed by atoms with E-state index in [0.29, 0.717) is 5.76 Å². The Morgan fingerprint density at radius 3 is 2.45 bits per heavy atom. The SMILES string of the molecule is Cc1noc(C)c1CN1C(=O)NC2(C1=O)C(C)CCCC2C. The highest BCUT2D eigenvalue weighted by Crippen LogP contribution is 2.42. The smallest absolute Gasteiger partial charge is 0.325 e. The van der Waals surface area contributed by atoms with Crippen LogP contribution in [0.2, 0.25) is 0 Å². The number of carbonyl (C=O) groups is 2. The molecule has 1 aromatic rings. The predicted molar refractivity (Wildman–Crippen MR) is 80.0 cm³/mol. The molecule has 1 aromatic heterocycles. The third-order valence-corrected chi connectivity index (χ3v) is 5.48. The van der Waals surface area contributed by atoms with Crippen molar-refractivity contribution in [3.63, 3.8) is 0 Å². The summed E-state index contributed by atoms with van der Waals surface area (Å²) in [4.78, 5) is 26.8. The number of amides is 3. The van der Waals surface area contributed by atoms with Gasteiger partial charge in [-0.3, -0.25) is 9.69 Å². The van der Waals surface area contributed by atoms with Gasteiger partial charge in [0.2, 0.25) is 0 Å². The molecule has 1 saturated carbocycles. The van der Waals surface area contributed by atoms with Gasteiger partial charge in [0, 0.05) is 5.56 Å². The predicted octanol–water partition coefficient (Wildman–Crippen LogP) is 2.54. The molecule has 2 unspecified atom stereocenters. The van der Waals surface area contributed by atoms with E-state index in [0.717, 1.165) is 30.5 Å². The Morgan fingerprint density at radius 2 is 1.91 bits per heavy atom. The van der Waals surface area contributed by atoms with Gasteiger partial charge in [0.1, 0.15) is 11.3 Å². The molecule has 0 bridgehead atoms. The average molecular weight is 305 g/mol. The van der Waals surface area contributed by atoms with E-state index in [4.69, 9.17) is 4.52 Å². The molecule has 2 atom stereocenters. The fourth-order valence-electron chi connectivity index (χ4n) is 3.98. The molecule has 0 aromatic carbocycles. The second-order valence-electron chi connectivity index (χ2n) is 6.73. The van der Waals surface area contributed by atoms with Crippen LogP contribution >= 0.6 is 0 Å². The fraction of sp³-hybridized carbons (Fsp3) is 0.688. The van der Waals surface area contributed by atoms with E-state index < -0.39 is 5.54 Å². The van der Waals surface area contributed by atoms with Crippen molar-refractivity contribution in [3.8, 4) is 0 Å². The van der Waals surface area contributed by atoms with Crippen molar-refractivity contribution in [3.05, 3.63) is 17.0 Å². The number of nitrogens with zero attached hydrogens (tertiary/aromatic N) is 2.